The van der Waals surface area contributed by atoms with Crippen LogP contribution in [0.1, 0.15) is 12.0 Å². The zero-order valence-corrected chi connectivity index (χ0v) is 11.9. The number of hydrogen-bond donors (Lipinski definition) is 2. The Kier molecular flexibility index (Phi) is 7.62. The molecule has 1 rings (SSSR count). The number of nitrogens with two attached hydrogens (primary N) is 1. The number of carbonyl (C=O) groups is 1. The predicted molar refractivity (Wildman–Crippen MR) is 71.7 cm³/mol. The van der Waals surface area contributed by atoms with Gasteiger partial charge in [0.15, 0.2) is 0 Å². The maximum absolute atomic E-state index is 13.1. The molecule has 1 amide bonds. The van der Waals surface area contributed by atoms with E-state index in [2.05, 4.69) is 5.32 Å². The van der Waals surface area contributed by atoms with Gasteiger partial charge in [-0.1, -0.05) is 0 Å². The van der Waals surface area contributed by atoms with Crippen LogP contribution in [0.2, 0.25) is 0 Å². The quantitative estimate of drug-likeness (QED) is 0.816. The Bertz CT molecular complexity index is 479. The van der Waals surface area contributed by atoms with Crippen LogP contribution < -0.4 is 11.1 Å². The Labute approximate surface area is 125 Å². The highest BCUT2D eigenvalue weighted by Crippen LogP contribution is 2.32. The van der Waals surface area contributed by atoms with Crippen LogP contribution in [0.3, 0.4) is 0 Å². The molecule has 0 fully saturated rings. The van der Waals surface area contributed by atoms with Crippen LogP contribution >= 0.6 is 12.4 Å². The standard InChI is InChI=1S/C12H14F4N2O2.ClH/c1-20-8(6-17)5-11(19)18-7-2-3-10(13)9(4-7)12(14,15)16;/h2-4,8H,5-6,17H2,1H3,(H,18,19);1H. The molecule has 0 aliphatic carbocycles. The summed E-state index contributed by atoms with van der Waals surface area (Å²) in [6, 6.07) is 2.24. The second-order valence-electron chi connectivity index (χ2n) is 4.04. The number of nitrogens with one attached hydrogen (secondary N) is 1. The van der Waals surface area contributed by atoms with Crippen molar-refractivity contribution < 1.29 is 27.1 Å². The maximum Gasteiger partial charge on any atom is 0.419 e. The molecule has 4 nitrogen and oxygen atoms in total. The molecule has 0 saturated carbocycles. The Hall–Kier alpha value is -1.38. The van der Waals surface area contributed by atoms with Gasteiger partial charge in [-0.15, -0.1) is 12.4 Å². The molecule has 0 aliphatic heterocycles. The van der Waals surface area contributed by atoms with Crippen LogP contribution in [0, 0.1) is 5.82 Å². The Morgan fingerprint density at radius 1 is 1.43 bits per heavy atom. The molecule has 0 saturated heterocycles. The molecule has 0 radical (unpaired) electrons. The zero-order valence-electron chi connectivity index (χ0n) is 11.0. The van der Waals surface area contributed by atoms with E-state index in [0.29, 0.717) is 12.1 Å². The minimum atomic E-state index is -4.82. The Morgan fingerprint density at radius 3 is 2.52 bits per heavy atom. The minimum absolute atomic E-state index is 0. The molecule has 0 aliphatic rings. The first-order valence-electron chi connectivity index (χ1n) is 5.67. The molecule has 0 aromatic heterocycles. The van der Waals surface area contributed by atoms with E-state index in [-0.39, 0.29) is 31.1 Å². The number of hydrogen-bond acceptors (Lipinski definition) is 3. The molecule has 1 aromatic rings. The highest BCUT2D eigenvalue weighted by Gasteiger charge is 2.34. The number of anilines is 1. The van der Waals surface area contributed by atoms with Crippen molar-refractivity contribution in [2.75, 3.05) is 19.0 Å². The number of halogens is 5. The summed E-state index contributed by atoms with van der Waals surface area (Å²) in [7, 11) is 1.37. The van der Waals surface area contributed by atoms with Gasteiger partial charge in [-0.25, -0.2) is 4.39 Å². The van der Waals surface area contributed by atoms with Crippen LogP contribution in [-0.4, -0.2) is 25.7 Å². The van der Waals surface area contributed by atoms with Crippen molar-refractivity contribution in [3.63, 3.8) is 0 Å². The summed E-state index contributed by atoms with van der Waals surface area (Å²) >= 11 is 0. The third-order valence-corrected chi connectivity index (χ3v) is 2.56. The second kappa shape index (κ2) is 8.16. The van der Waals surface area contributed by atoms with E-state index in [1.54, 1.807) is 0 Å². The van der Waals surface area contributed by atoms with Crippen LogP contribution in [-0.2, 0) is 15.7 Å². The number of carbonyl (C=O) groups excluding carboxylic acids is 1. The van der Waals surface area contributed by atoms with Gasteiger partial charge in [0.25, 0.3) is 0 Å². The lowest BCUT2D eigenvalue weighted by molar-refractivity contribution is -0.140. The average Bonchev–Trinajstić information content (AvgIpc) is 2.37. The number of rotatable bonds is 5. The van der Waals surface area contributed by atoms with Gasteiger partial charge in [0.1, 0.15) is 5.82 Å². The molecule has 0 spiro atoms. The summed E-state index contributed by atoms with van der Waals surface area (Å²) in [5, 5.41) is 2.24. The minimum Gasteiger partial charge on any atom is -0.380 e. The molecule has 0 heterocycles. The van der Waals surface area contributed by atoms with E-state index in [9.17, 15) is 22.4 Å². The topological polar surface area (TPSA) is 64.3 Å². The summed E-state index contributed by atoms with van der Waals surface area (Å²) in [6.45, 7) is 0.0984. The average molecular weight is 331 g/mol. The SMILES string of the molecule is COC(CN)CC(=O)Nc1ccc(F)c(C(F)(F)F)c1.Cl. The number of benzene rings is 1. The monoisotopic (exact) mass is 330 g/mol. The van der Waals surface area contributed by atoms with E-state index >= 15 is 0 Å². The van der Waals surface area contributed by atoms with Gasteiger partial charge in [0.2, 0.25) is 5.91 Å². The van der Waals surface area contributed by atoms with E-state index < -0.39 is 29.6 Å². The largest absolute Gasteiger partial charge is 0.419 e. The van der Waals surface area contributed by atoms with Crippen molar-refractivity contribution in [1.82, 2.24) is 0 Å². The fourth-order valence-corrected chi connectivity index (χ4v) is 1.50. The first-order chi connectivity index (χ1) is 9.27. The first-order valence-corrected chi connectivity index (χ1v) is 5.67. The number of methoxy groups -OCH3 is 1. The third-order valence-electron chi connectivity index (χ3n) is 2.56. The molecular weight excluding hydrogens is 316 g/mol. The molecule has 9 heteroatoms. The molecule has 120 valence electrons. The van der Waals surface area contributed by atoms with Gasteiger partial charge in [-0.2, -0.15) is 13.2 Å². The van der Waals surface area contributed by atoms with Gasteiger partial charge in [-0.05, 0) is 18.2 Å². The number of alkyl halides is 3. The lowest BCUT2D eigenvalue weighted by atomic mass is 10.1. The Morgan fingerprint density at radius 2 is 2.05 bits per heavy atom. The van der Waals surface area contributed by atoms with Crippen molar-refractivity contribution in [2.24, 2.45) is 5.73 Å². The first kappa shape index (κ1) is 19.6. The fraction of sp³-hybridized carbons (Fsp3) is 0.417. The summed E-state index contributed by atoms with van der Waals surface area (Å²) in [6.07, 6.45) is -5.46. The van der Waals surface area contributed by atoms with E-state index in [4.69, 9.17) is 10.5 Å². The van der Waals surface area contributed by atoms with Crippen LogP contribution in [0.25, 0.3) is 0 Å². The van der Waals surface area contributed by atoms with Crippen molar-refractivity contribution in [1.29, 1.82) is 0 Å². The van der Waals surface area contributed by atoms with Gasteiger partial charge in [0, 0.05) is 19.3 Å². The fourth-order valence-electron chi connectivity index (χ4n) is 1.50. The van der Waals surface area contributed by atoms with Gasteiger partial charge < -0.3 is 15.8 Å². The molecule has 1 unspecified atom stereocenters. The van der Waals surface area contributed by atoms with E-state index in [1.807, 2.05) is 0 Å². The predicted octanol–water partition coefficient (Wildman–Crippen LogP) is 2.57. The van der Waals surface area contributed by atoms with Crippen molar-refractivity contribution in [3.05, 3.63) is 29.6 Å². The normalized spacial score (nSPS) is 12.5. The molecule has 3 N–H and O–H groups in total. The highest BCUT2D eigenvalue weighted by atomic mass is 35.5. The molecule has 1 atom stereocenters. The smallest absolute Gasteiger partial charge is 0.380 e. The molecular formula is C12H15ClF4N2O2. The number of amides is 1. The second-order valence-corrected chi connectivity index (χ2v) is 4.04. The van der Waals surface area contributed by atoms with E-state index in [1.165, 1.54) is 7.11 Å². The van der Waals surface area contributed by atoms with Crippen LogP contribution in [0.15, 0.2) is 18.2 Å². The van der Waals surface area contributed by atoms with Crippen LogP contribution in [0.5, 0.6) is 0 Å². The summed E-state index contributed by atoms with van der Waals surface area (Å²) in [5.74, 6) is -1.96. The lowest BCUT2D eigenvalue weighted by Crippen LogP contribution is -2.28. The third kappa shape index (κ3) is 5.86. The summed E-state index contributed by atoms with van der Waals surface area (Å²) in [4.78, 5) is 11.6. The molecule has 21 heavy (non-hydrogen) atoms. The maximum atomic E-state index is 13.1. The number of ether oxygens (including phenoxy) is 1. The Balaban J connectivity index is 0.00000400. The zero-order chi connectivity index (χ0) is 15.3. The van der Waals surface area contributed by atoms with Crippen molar-refractivity contribution >= 4 is 24.0 Å². The van der Waals surface area contributed by atoms with Gasteiger partial charge in [-0.3, -0.25) is 4.79 Å². The molecule has 0 bridgehead atoms. The highest BCUT2D eigenvalue weighted by molar-refractivity contribution is 5.91. The van der Waals surface area contributed by atoms with Crippen LogP contribution in [0.4, 0.5) is 23.2 Å². The van der Waals surface area contributed by atoms with Gasteiger partial charge in [0.05, 0.1) is 18.1 Å². The summed E-state index contributed by atoms with van der Waals surface area (Å²) in [5.41, 5.74) is 3.75. The molecule has 1 aromatic carbocycles. The van der Waals surface area contributed by atoms with Crippen molar-refractivity contribution in [2.45, 2.75) is 18.7 Å². The van der Waals surface area contributed by atoms with E-state index in [0.717, 1.165) is 6.07 Å². The summed E-state index contributed by atoms with van der Waals surface area (Å²) < 4.78 is 55.4. The van der Waals surface area contributed by atoms with Gasteiger partial charge >= 0.3 is 6.18 Å². The lowest BCUT2D eigenvalue weighted by Gasteiger charge is -2.14. The van der Waals surface area contributed by atoms with Crippen molar-refractivity contribution in [3.8, 4) is 0 Å².